The lowest BCUT2D eigenvalue weighted by molar-refractivity contribution is 0.298. The molecule has 0 saturated heterocycles. The molecule has 1 nitrogen and oxygen atoms in total. The second-order valence-electron chi connectivity index (χ2n) is 5.49. The SMILES string of the molecule is CCNC(CC1CCCCC1)c1c(F)cccc1Cl. The summed E-state index contributed by atoms with van der Waals surface area (Å²) in [7, 11) is 0. The van der Waals surface area contributed by atoms with Crippen molar-refractivity contribution in [2.75, 3.05) is 6.54 Å². The van der Waals surface area contributed by atoms with Gasteiger partial charge in [-0.15, -0.1) is 0 Å². The molecule has 0 amide bonds. The molecule has 0 radical (unpaired) electrons. The highest BCUT2D eigenvalue weighted by atomic mass is 35.5. The molecule has 0 heterocycles. The summed E-state index contributed by atoms with van der Waals surface area (Å²) in [5.41, 5.74) is 0.650. The summed E-state index contributed by atoms with van der Waals surface area (Å²) in [5.74, 6) is 0.516. The van der Waals surface area contributed by atoms with E-state index in [2.05, 4.69) is 12.2 Å². The Morgan fingerprint density at radius 2 is 2.05 bits per heavy atom. The summed E-state index contributed by atoms with van der Waals surface area (Å²) in [6.07, 6.45) is 7.52. The van der Waals surface area contributed by atoms with Gasteiger partial charge in [0.1, 0.15) is 5.82 Å². The fourth-order valence-electron chi connectivity index (χ4n) is 3.15. The van der Waals surface area contributed by atoms with E-state index in [0.717, 1.165) is 13.0 Å². The first-order valence-corrected chi connectivity index (χ1v) is 7.77. The molecule has 1 fully saturated rings. The number of hydrogen-bond acceptors (Lipinski definition) is 1. The third-order valence-corrected chi connectivity index (χ3v) is 4.42. The molecule has 0 aliphatic heterocycles. The number of rotatable bonds is 5. The van der Waals surface area contributed by atoms with Crippen molar-refractivity contribution in [1.82, 2.24) is 5.32 Å². The van der Waals surface area contributed by atoms with Crippen LogP contribution in [0.25, 0.3) is 0 Å². The van der Waals surface area contributed by atoms with Crippen molar-refractivity contribution in [1.29, 1.82) is 0 Å². The fourth-order valence-corrected chi connectivity index (χ4v) is 3.44. The maximum atomic E-state index is 14.1. The summed E-state index contributed by atoms with van der Waals surface area (Å²) >= 11 is 6.20. The quantitative estimate of drug-likeness (QED) is 0.793. The minimum Gasteiger partial charge on any atom is -0.310 e. The van der Waals surface area contributed by atoms with Gasteiger partial charge in [-0.1, -0.05) is 56.7 Å². The van der Waals surface area contributed by atoms with Crippen LogP contribution in [0.3, 0.4) is 0 Å². The summed E-state index contributed by atoms with van der Waals surface area (Å²) in [4.78, 5) is 0. The third kappa shape index (κ3) is 3.93. The van der Waals surface area contributed by atoms with Gasteiger partial charge in [0.2, 0.25) is 0 Å². The van der Waals surface area contributed by atoms with Gasteiger partial charge < -0.3 is 5.32 Å². The smallest absolute Gasteiger partial charge is 0.129 e. The predicted octanol–water partition coefficient (Wildman–Crippen LogP) is 5.10. The Hall–Kier alpha value is -0.600. The molecular formula is C16H23ClFN. The summed E-state index contributed by atoms with van der Waals surface area (Å²) in [5, 5.41) is 3.95. The zero-order valence-corrected chi connectivity index (χ0v) is 12.3. The van der Waals surface area contributed by atoms with E-state index in [4.69, 9.17) is 11.6 Å². The van der Waals surface area contributed by atoms with E-state index in [9.17, 15) is 4.39 Å². The molecule has 1 aliphatic carbocycles. The maximum Gasteiger partial charge on any atom is 0.129 e. The number of benzene rings is 1. The summed E-state index contributed by atoms with van der Waals surface area (Å²) in [6, 6.07) is 5.00. The molecule has 2 rings (SSSR count). The predicted molar refractivity (Wildman–Crippen MR) is 79.0 cm³/mol. The van der Waals surface area contributed by atoms with Gasteiger partial charge in [0.25, 0.3) is 0 Å². The van der Waals surface area contributed by atoms with Crippen molar-refractivity contribution in [2.45, 2.75) is 51.5 Å². The molecule has 0 aromatic heterocycles. The first kappa shape index (κ1) is 14.8. The van der Waals surface area contributed by atoms with E-state index < -0.39 is 0 Å². The number of nitrogens with one attached hydrogen (secondary N) is 1. The van der Waals surface area contributed by atoms with Crippen LogP contribution in [0.5, 0.6) is 0 Å². The van der Waals surface area contributed by atoms with Crippen LogP contribution in [0.4, 0.5) is 4.39 Å². The fraction of sp³-hybridized carbons (Fsp3) is 0.625. The molecule has 1 atom stereocenters. The van der Waals surface area contributed by atoms with Crippen molar-refractivity contribution in [3.05, 3.63) is 34.6 Å². The van der Waals surface area contributed by atoms with Crippen molar-refractivity contribution in [2.24, 2.45) is 5.92 Å². The summed E-state index contributed by atoms with van der Waals surface area (Å²) < 4.78 is 14.1. The first-order valence-electron chi connectivity index (χ1n) is 7.39. The molecule has 0 spiro atoms. The van der Waals surface area contributed by atoms with Gasteiger partial charge in [-0.25, -0.2) is 4.39 Å². The average Bonchev–Trinajstić information content (AvgIpc) is 2.40. The van der Waals surface area contributed by atoms with E-state index in [1.54, 1.807) is 12.1 Å². The maximum absolute atomic E-state index is 14.1. The monoisotopic (exact) mass is 283 g/mol. The van der Waals surface area contributed by atoms with E-state index in [1.165, 1.54) is 38.2 Å². The Kier molecular flexibility index (Phi) is 5.65. The van der Waals surface area contributed by atoms with Crippen molar-refractivity contribution < 1.29 is 4.39 Å². The standard InChI is InChI=1S/C16H23ClFN/c1-2-19-15(11-12-7-4-3-5-8-12)16-13(17)9-6-10-14(16)18/h6,9-10,12,15,19H,2-5,7-8,11H2,1H3. The van der Waals surface area contributed by atoms with Crippen LogP contribution >= 0.6 is 11.6 Å². The van der Waals surface area contributed by atoms with Crippen molar-refractivity contribution >= 4 is 11.6 Å². The topological polar surface area (TPSA) is 12.0 Å². The largest absolute Gasteiger partial charge is 0.310 e. The first-order chi connectivity index (χ1) is 9.22. The number of halogens is 2. The Bertz CT molecular complexity index is 381. The molecule has 3 heteroatoms. The van der Waals surface area contributed by atoms with Gasteiger partial charge in [-0.2, -0.15) is 0 Å². The van der Waals surface area contributed by atoms with Gasteiger partial charge >= 0.3 is 0 Å². The van der Waals surface area contributed by atoms with Crippen LogP contribution in [0.1, 0.15) is 57.1 Å². The second kappa shape index (κ2) is 7.25. The highest BCUT2D eigenvalue weighted by molar-refractivity contribution is 6.31. The van der Waals surface area contributed by atoms with Crippen LogP contribution < -0.4 is 5.32 Å². The minimum absolute atomic E-state index is 0.0433. The molecule has 1 aliphatic rings. The molecule has 1 aromatic carbocycles. The van der Waals surface area contributed by atoms with Gasteiger partial charge in [-0.3, -0.25) is 0 Å². The molecule has 0 bridgehead atoms. The third-order valence-electron chi connectivity index (χ3n) is 4.09. The van der Waals surface area contributed by atoms with Crippen LogP contribution in [0, 0.1) is 11.7 Å². The molecule has 1 N–H and O–H groups in total. The highest BCUT2D eigenvalue weighted by Crippen LogP contribution is 2.35. The lowest BCUT2D eigenvalue weighted by atomic mass is 9.83. The van der Waals surface area contributed by atoms with Crippen LogP contribution in [-0.4, -0.2) is 6.54 Å². The second-order valence-corrected chi connectivity index (χ2v) is 5.89. The van der Waals surface area contributed by atoms with Gasteiger partial charge in [0.15, 0.2) is 0 Å². The zero-order chi connectivity index (χ0) is 13.7. The van der Waals surface area contributed by atoms with Crippen molar-refractivity contribution in [3.8, 4) is 0 Å². The normalized spacial score (nSPS) is 18.5. The van der Waals surface area contributed by atoms with Crippen molar-refractivity contribution in [3.63, 3.8) is 0 Å². The Balaban J connectivity index is 2.14. The van der Waals surface area contributed by atoms with Crippen LogP contribution in [0.2, 0.25) is 5.02 Å². The molecule has 1 aromatic rings. The van der Waals surface area contributed by atoms with E-state index >= 15 is 0 Å². The van der Waals surface area contributed by atoms with Gasteiger partial charge in [0.05, 0.1) is 0 Å². The lowest BCUT2D eigenvalue weighted by Gasteiger charge is -2.28. The lowest BCUT2D eigenvalue weighted by Crippen LogP contribution is -2.25. The molecule has 1 unspecified atom stereocenters. The molecule has 106 valence electrons. The summed E-state index contributed by atoms with van der Waals surface area (Å²) in [6.45, 7) is 2.89. The van der Waals surface area contributed by atoms with Gasteiger partial charge in [0, 0.05) is 16.6 Å². The van der Waals surface area contributed by atoms with E-state index in [-0.39, 0.29) is 11.9 Å². The van der Waals surface area contributed by atoms with E-state index in [0.29, 0.717) is 16.5 Å². The number of hydrogen-bond donors (Lipinski definition) is 1. The Morgan fingerprint density at radius 1 is 1.32 bits per heavy atom. The minimum atomic E-state index is -0.186. The highest BCUT2D eigenvalue weighted by Gasteiger charge is 2.23. The average molecular weight is 284 g/mol. The van der Waals surface area contributed by atoms with Crippen LogP contribution in [-0.2, 0) is 0 Å². The molecule has 19 heavy (non-hydrogen) atoms. The van der Waals surface area contributed by atoms with Gasteiger partial charge in [-0.05, 0) is 31.0 Å². The Labute approximate surface area is 120 Å². The van der Waals surface area contributed by atoms with E-state index in [1.807, 2.05) is 0 Å². The molecular weight excluding hydrogens is 261 g/mol. The Morgan fingerprint density at radius 3 is 2.68 bits per heavy atom. The zero-order valence-electron chi connectivity index (χ0n) is 11.6. The van der Waals surface area contributed by atoms with Crippen LogP contribution in [0.15, 0.2) is 18.2 Å². The molecule has 1 saturated carbocycles.